The van der Waals surface area contributed by atoms with Crippen LogP contribution in [-0.4, -0.2) is 31.8 Å². The number of aliphatic hydroxyl groups excluding tert-OH is 1. The van der Waals surface area contributed by atoms with E-state index in [1.165, 1.54) is 11.3 Å². The highest BCUT2D eigenvalue weighted by atomic mass is 35.5. The van der Waals surface area contributed by atoms with Gasteiger partial charge >= 0.3 is 0 Å². The van der Waals surface area contributed by atoms with Gasteiger partial charge in [-0.25, -0.2) is 4.98 Å². The van der Waals surface area contributed by atoms with Gasteiger partial charge in [-0.3, -0.25) is 9.48 Å². The number of aliphatic hydroxyl groups is 1. The van der Waals surface area contributed by atoms with Gasteiger partial charge in [-0.15, -0.1) is 11.3 Å². The first-order valence-corrected chi connectivity index (χ1v) is 10.8. The maximum atomic E-state index is 12.5. The number of carbonyl (C=O) groups is 1. The minimum Gasteiger partial charge on any atom is -0.386 e. The Morgan fingerprint density at radius 2 is 2.20 bits per heavy atom. The molecule has 0 aliphatic carbocycles. The Morgan fingerprint density at radius 1 is 1.43 bits per heavy atom. The summed E-state index contributed by atoms with van der Waals surface area (Å²) in [5.41, 5.74) is 3.16. The number of rotatable bonds is 7. The van der Waals surface area contributed by atoms with Crippen molar-refractivity contribution in [3.8, 4) is 17.3 Å². The number of amides is 1. The van der Waals surface area contributed by atoms with E-state index in [0.717, 1.165) is 23.2 Å². The highest BCUT2D eigenvalue weighted by Crippen LogP contribution is 2.30. The fraction of sp³-hybridized carbons (Fsp3) is 0.333. The normalized spacial score (nSPS) is 12.9. The van der Waals surface area contributed by atoms with Gasteiger partial charge in [0.2, 0.25) is 0 Å². The van der Waals surface area contributed by atoms with Crippen molar-refractivity contribution in [1.82, 2.24) is 20.1 Å². The number of nitrogens with one attached hydrogen (secondary N) is 1. The van der Waals surface area contributed by atoms with Crippen LogP contribution < -0.4 is 5.32 Å². The maximum Gasteiger partial charge on any atom is 0.271 e. The van der Waals surface area contributed by atoms with E-state index in [4.69, 9.17) is 16.9 Å². The van der Waals surface area contributed by atoms with E-state index in [2.05, 4.69) is 21.5 Å². The molecule has 2 N–H and O–H groups in total. The van der Waals surface area contributed by atoms with E-state index in [1.807, 2.05) is 32.2 Å². The van der Waals surface area contributed by atoms with Gasteiger partial charge in [0, 0.05) is 23.2 Å². The molecule has 0 aliphatic rings. The van der Waals surface area contributed by atoms with E-state index >= 15 is 0 Å². The molecule has 2 atom stereocenters. The highest BCUT2D eigenvalue weighted by molar-refractivity contribution is 7.09. The Kier molecular flexibility index (Phi) is 6.87. The summed E-state index contributed by atoms with van der Waals surface area (Å²) in [5, 5.41) is 28.9. The van der Waals surface area contributed by atoms with Crippen LogP contribution >= 0.6 is 22.9 Å². The summed E-state index contributed by atoms with van der Waals surface area (Å²) in [6.07, 6.45) is 1.88. The third-order valence-electron chi connectivity index (χ3n) is 4.77. The lowest BCUT2D eigenvalue weighted by Gasteiger charge is -2.16. The second-order valence-corrected chi connectivity index (χ2v) is 8.23. The van der Waals surface area contributed by atoms with Gasteiger partial charge < -0.3 is 10.4 Å². The number of hydrogen-bond acceptors (Lipinski definition) is 6. The zero-order valence-electron chi connectivity index (χ0n) is 16.9. The van der Waals surface area contributed by atoms with E-state index < -0.39 is 6.10 Å². The summed E-state index contributed by atoms with van der Waals surface area (Å²) in [4.78, 5) is 16.7. The van der Waals surface area contributed by atoms with Crippen LogP contribution in [0.25, 0.3) is 11.3 Å². The first kappa shape index (κ1) is 22.0. The quantitative estimate of drug-likeness (QED) is 0.572. The number of aromatic nitrogens is 3. The molecule has 2 aromatic heterocycles. The number of carbonyl (C=O) groups excluding carboxylic acids is 1. The topological polar surface area (TPSA) is 104 Å². The van der Waals surface area contributed by atoms with Crippen molar-refractivity contribution in [2.24, 2.45) is 0 Å². The van der Waals surface area contributed by atoms with E-state index in [1.54, 1.807) is 23.1 Å². The third kappa shape index (κ3) is 4.70. The van der Waals surface area contributed by atoms with Crippen molar-refractivity contribution in [1.29, 1.82) is 5.26 Å². The molecule has 9 heteroatoms. The summed E-state index contributed by atoms with van der Waals surface area (Å²) >= 11 is 7.53. The van der Waals surface area contributed by atoms with Crippen LogP contribution in [0.15, 0.2) is 29.8 Å². The van der Waals surface area contributed by atoms with Crippen molar-refractivity contribution in [2.45, 2.75) is 45.9 Å². The average molecular weight is 444 g/mol. The zero-order chi connectivity index (χ0) is 21.8. The van der Waals surface area contributed by atoms with Gasteiger partial charge in [-0.2, -0.15) is 10.4 Å². The van der Waals surface area contributed by atoms with Crippen LogP contribution in [-0.2, 0) is 6.54 Å². The van der Waals surface area contributed by atoms with Crippen molar-refractivity contribution < 1.29 is 9.90 Å². The maximum absolute atomic E-state index is 12.5. The monoisotopic (exact) mass is 443 g/mol. The summed E-state index contributed by atoms with van der Waals surface area (Å²) in [5.74, 6) is -0.271. The van der Waals surface area contributed by atoms with Gasteiger partial charge in [-0.1, -0.05) is 24.6 Å². The Balaban J connectivity index is 1.71. The lowest BCUT2D eigenvalue weighted by atomic mass is 10.0. The Hall–Kier alpha value is -2.73. The number of halogens is 1. The van der Waals surface area contributed by atoms with Crippen molar-refractivity contribution in [3.05, 3.63) is 56.6 Å². The molecule has 1 amide bonds. The van der Waals surface area contributed by atoms with Crippen LogP contribution in [0.2, 0.25) is 5.02 Å². The first-order chi connectivity index (χ1) is 14.3. The minimum absolute atomic E-state index is 0.132. The van der Waals surface area contributed by atoms with Gasteiger partial charge in [0.15, 0.2) is 0 Å². The number of hydrogen-bond donors (Lipinski definition) is 2. The molecule has 0 bridgehead atoms. The summed E-state index contributed by atoms with van der Waals surface area (Å²) in [6, 6.07) is 7.36. The average Bonchev–Trinajstić information content (AvgIpc) is 3.39. The molecule has 2 heterocycles. The molecular formula is C21H22ClN5O2S. The van der Waals surface area contributed by atoms with Crippen molar-refractivity contribution >= 4 is 28.8 Å². The van der Waals surface area contributed by atoms with Crippen LogP contribution in [0.5, 0.6) is 0 Å². The number of thiazole rings is 1. The third-order valence-corrected chi connectivity index (χ3v) is 6.27. The molecule has 3 aromatic rings. The first-order valence-electron chi connectivity index (χ1n) is 9.51. The Labute approximate surface area is 183 Å². The fourth-order valence-corrected chi connectivity index (χ4v) is 3.95. The summed E-state index contributed by atoms with van der Waals surface area (Å²) < 4.78 is 1.78. The predicted molar refractivity (Wildman–Crippen MR) is 116 cm³/mol. The van der Waals surface area contributed by atoms with E-state index in [9.17, 15) is 9.90 Å². The summed E-state index contributed by atoms with van der Waals surface area (Å²) in [6.45, 7) is 5.97. The molecule has 0 saturated carbocycles. The molecule has 30 heavy (non-hydrogen) atoms. The number of nitrogens with zero attached hydrogens (tertiary/aromatic N) is 4. The highest BCUT2D eigenvalue weighted by Gasteiger charge is 2.18. The molecule has 0 spiro atoms. The molecule has 7 nitrogen and oxygen atoms in total. The second-order valence-electron chi connectivity index (χ2n) is 6.96. The summed E-state index contributed by atoms with van der Waals surface area (Å²) in [7, 11) is 0. The zero-order valence-corrected chi connectivity index (χ0v) is 18.5. The van der Waals surface area contributed by atoms with Crippen LogP contribution in [0, 0.1) is 18.3 Å². The molecule has 0 aliphatic heterocycles. The van der Waals surface area contributed by atoms with Crippen molar-refractivity contribution in [2.75, 3.05) is 0 Å². The van der Waals surface area contributed by atoms with Gasteiger partial charge in [0.25, 0.3) is 5.91 Å². The molecule has 0 saturated heterocycles. The SMILES string of the molecule is CC[C@H](Cn1ccc(-c2ccc(C#N)c(Cl)c2C)n1)NC(=O)c1csc(C(C)O)n1. The molecule has 3 rings (SSSR count). The predicted octanol–water partition coefficient (Wildman–Crippen LogP) is 4.10. The van der Waals surface area contributed by atoms with E-state index in [-0.39, 0.29) is 11.9 Å². The lowest BCUT2D eigenvalue weighted by Crippen LogP contribution is -2.37. The Morgan fingerprint density at radius 3 is 2.83 bits per heavy atom. The Bertz CT molecular complexity index is 1100. The van der Waals surface area contributed by atoms with E-state index in [0.29, 0.717) is 27.8 Å². The second kappa shape index (κ2) is 9.39. The van der Waals surface area contributed by atoms with Gasteiger partial charge in [0.05, 0.1) is 22.8 Å². The van der Waals surface area contributed by atoms with Gasteiger partial charge in [0.1, 0.15) is 22.9 Å². The molecule has 1 aromatic carbocycles. The lowest BCUT2D eigenvalue weighted by molar-refractivity contribution is 0.0926. The van der Waals surface area contributed by atoms with Crippen molar-refractivity contribution in [3.63, 3.8) is 0 Å². The van der Waals surface area contributed by atoms with Crippen LogP contribution in [0.1, 0.15) is 53.0 Å². The number of benzene rings is 1. The minimum atomic E-state index is -0.694. The molecule has 0 radical (unpaired) electrons. The van der Waals surface area contributed by atoms with Gasteiger partial charge in [-0.05, 0) is 38.0 Å². The largest absolute Gasteiger partial charge is 0.386 e. The smallest absolute Gasteiger partial charge is 0.271 e. The van der Waals surface area contributed by atoms with Crippen LogP contribution in [0.4, 0.5) is 0 Å². The molecular weight excluding hydrogens is 422 g/mol. The van der Waals surface area contributed by atoms with Crippen LogP contribution in [0.3, 0.4) is 0 Å². The molecule has 1 unspecified atom stereocenters. The molecule has 156 valence electrons. The fourth-order valence-electron chi connectivity index (χ4n) is 3.00. The standard InChI is InChI=1S/C21H22ClN5O2S/c1-4-15(24-20(29)18-11-30-21(25-18)13(3)28)10-27-8-7-17(26-27)16-6-5-14(9-23)19(22)12(16)2/h5-8,11,13,15,28H,4,10H2,1-3H3,(H,24,29)/t13?,15-/m1/s1. The molecule has 0 fully saturated rings. The number of nitriles is 1.